The van der Waals surface area contributed by atoms with E-state index in [0.717, 1.165) is 49.6 Å². The fraction of sp³-hybridized carbons (Fsp3) is 0.458. The summed E-state index contributed by atoms with van der Waals surface area (Å²) in [5.74, 6) is 1.35. The van der Waals surface area contributed by atoms with Crippen LogP contribution in [0.2, 0.25) is 0 Å². The average Bonchev–Trinajstić information content (AvgIpc) is 2.82. The summed E-state index contributed by atoms with van der Waals surface area (Å²) in [4.78, 5) is 23.4. The topological polar surface area (TPSA) is 76.1 Å². The second-order valence-corrected chi connectivity index (χ2v) is 7.43. The number of aromatic nitrogens is 1. The van der Waals surface area contributed by atoms with Gasteiger partial charge in [0.1, 0.15) is 6.61 Å². The Bertz CT molecular complexity index is 849. The molecule has 0 amide bonds. The van der Waals surface area contributed by atoms with Crippen LogP contribution in [0.25, 0.3) is 0 Å². The molecule has 0 unspecified atom stereocenters. The van der Waals surface area contributed by atoms with E-state index in [0.29, 0.717) is 25.6 Å². The fourth-order valence-electron chi connectivity index (χ4n) is 3.57. The van der Waals surface area contributed by atoms with E-state index in [2.05, 4.69) is 22.1 Å². The molecule has 166 valence electrons. The molecule has 7 heteroatoms. The van der Waals surface area contributed by atoms with Crippen LogP contribution in [0.5, 0.6) is 5.88 Å². The number of nitrogens with zero attached hydrogens (tertiary/aromatic N) is 3. The summed E-state index contributed by atoms with van der Waals surface area (Å²) in [6, 6.07) is 13.9. The standard InChI is InChI=1S/C24H32N4O3/c1-3-25-24(28-15-12-20(13-16-28)23(29)30-4-2)27-17-21-11-8-14-26-22(21)31-18-19-9-6-5-7-10-19/h5-11,14,20H,3-4,12-13,15-18H2,1-2H3,(H,25,27). The predicted molar refractivity (Wildman–Crippen MR) is 121 cm³/mol. The van der Waals surface area contributed by atoms with Crippen molar-refractivity contribution in [2.45, 2.75) is 39.8 Å². The molecule has 0 aliphatic carbocycles. The lowest BCUT2D eigenvalue weighted by molar-refractivity contribution is -0.149. The van der Waals surface area contributed by atoms with E-state index in [1.807, 2.05) is 49.4 Å². The number of hydrogen-bond acceptors (Lipinski definition) is 5. The first-order valence-corrected chi connectivity index (χ1v) is 11.0. The molecule has 0 bridgehead atoms. The predicted octanol–water partition coefficient (Wildman–Crippen LogP) is 3.40. The molecular weight excluding hydrogens is 392 g/mol. The summed E-state index contributed by atoms with van der Waals surface area (Å²) in [6.45, 7) is 7.61. The van der Waals surface area contributed by atoms with Crippen molar-refractivity contribution in [2.24, 2.45) is 10.9 Å². The van der Waals surface area contributed by atoms with Gasteiger partial charge in [0, 0.05) is 31.4 Å². The lowest BCUT2D eigenvalue weighted by Gasteiger charge is -2.33. The van der Waals surface area contributed by atoms with Crippen molar-refractivity contribution in [3.63, 3.8) is 0 Å². The monoisotopic (exact) mass is 424 g/mol. The van der Waals surface area contributed by atoms with E-state index in [4.69, 9.17) is 14.5 Å². The Kier molecular flexibility index (Phi) is 8.70. The van der Waals surface area contributed by atoms with Crippen molar-refractivity contribution in [1.29, 1.82) is 0 Å². The highest BCUT2D eigenvalue weighted by Crippen LogP contribution is 2.20. The van der Waals surface area contributed by atoms with Crippen molar-refractivity contribution < 1.29 is 14.3 Å². The number of esters is 1. The third kappa shape index (κ3) is 6.70. The van der Waals surface area contributed by atoms with Gasteiger partial charge in [0.05, 0.1) is 19.1 Å². The highest BCUT2D eigenvalue weighted by atomic mass is 16.5. The molecule has 1 aliphatic heterocycles. The summed E-state index contributed by atoms with van der Waals surface area (Å²) < 4.78 is 11.1. The van der Waals surface area contributed by atoms with Crippen molar-refractivity contribution in [3.8, 4) is 5.88 Å². The van der Waals surface area contributed by atoms with Crippen LogP contribution in [0, 0.1) is 5.92 Å². The van der Waals surface area contributed by atoms with Gasteiger partial charge in [-0.2, -0.15) is 0 Å². The third-order valence-corrected chi connectivity index (χ3v) is 5.22. The van der Waals surface area contributed by atoms with Gasteiger partial charge < -0.3 is 19.7 Å². The summed E-state index contributed by atoms with van der Waals surface area (Å²) in [6.07, 6.45) is 3.29. The van der Waals surface area contributed by atoms with Crippen LogP contribution < -0.4 is 10.1 Å². The Hall–Kier alpha value is -3.09. The number of carbonyl (C=O) groups excluding carboxylic acids is 1. The minimum atomic E-state index is -0.0837. The number of nitrogens with one attached hydrogen (secondary N) is 1. The van der Waals surface area contributed by atoms with Crippen molar-refractivity contribution >= 4 is 11.9 Å². The minimum Gasteiger partial charge on any atom is -0.473 e. The van der Waals surface area contributed by atoms with E-state index in [1.165, 1.54) is 0 Å². The highest BCUT2D eigenvalue weighted by Gasteiger charge is 2.27. The Morgan fingerprint density at radius 3 is 2.65 bits per heavy atom. The zero-order valence-corrected chi connectivity index (χ0v) is 18.4. The lowest BCUT2D eigenvalue weighted by atomic mass is 9.97. The number of rotatable bonds is 8. The van der Waals surface area contributed by atoms with Gasteiger partial charge in [0.15, 0.2) is 5.96 Å². The molecule has 0 atom stereocenters. The number of aliphatic imine (C=N–C) groups is 1. The van der Waals surface area contributed by atoms with Crippen LogP contribution in [0.3, 0.4) is 0 Å². The minimum absolute atomic E-state index is 0.0182. The van der Waals surface area contributed by atoms with E-state index < -0.39 is 0 Å². The number of piperidine rings is 1. The van der Waals surface area contributed by atoms with Crippen LogP contribution in [-0.2, 0) is 22.7 Å². The van der Waals surface area contributed by atoms with Gasteiger partial charge in [-0.25, -0.2) is 9.98 Å². The van der Waals surface area contributed by atoms with Crippen molar-refractivity contribution in [3.05, 3.63) is 59.8 Å². The summed E-state index contributed by atoms with van der Waals surface area (Å²) in [7, 11) is 0. The van der Waals surface area contributed by atoms with Crippen molar-refractivity contribution in [2.75, 3.05) is 26.2 Å². The first kappa shape index (κ1) is 22.6. The smallest absolute Gasteiger partial charge is 0.309 e. The second-order valence-electron chi connectivity index (χ2n) is 7.43. The molecule has 0 saturated carbocycles. The van der Waals surface area contributed by atoms with Gasteiger partial charge in [-0.05, 0) is 38.3 Å². The zero-order chi connectivity index (χ0) is 21.9. The Balaban J connectivity index is 1.62. The number of hydrogen-bond donors (Lipinski definition) is 1. The van der Waals surface area contributed by atoms with E-state index >= 15 is 0 Å². The number of carbonyl (C=O) groups is 1. The number of benzene rings is 1. The fourth-order valence-corrected chi connectivity index (χ4v) is 3.57. The molecule has 0 spiro atoms. The summed E-state index contributed by atoms with van der Waals surface area (Å²) in [5, 5.41) is 3.37. The van der Waals surface area contributed by atoms with Crippen LogP contribution in [0.1, 0.15) is 37.8 Å². The quantitative estimate of drug-likeness (QED) is 0.398. The molecule has 31 heavy (non-hydrogen) atoms. The first-order valence-electron chi connectivity index (χ1n) is 11.0. The molecule has 2 aromatic rings. The third-order valence-electron chi connectivity index (χ3n) is 5.22. The molecule has 3 rings (SSSR count). The number of ether oxygens (including phenoxy) is 2. The summed E-state index contributed by atoms with van der Waals surface area (Å²) >= 11 is 0. The molecule has 7 nitrogen and oxygen atoms in total. The molecule has 1 saturated heterocycles. The average molecular weight is 425 g/mol. The van der Waals surface area contributed by atoms with Gasteiger partial charge >= 0.3 is 5.97 Å². The van der Waals surface area contributed by atoms with E-state index in [9.17, 15) is 4.79 Å². The maximum Gasteiger partial charge on any atom is 0.309 e. The van der Waals surface area contributed by atoms with Crippen LogP contribution >= 0.6 is 0 Å². The Morgan fingerprint density at radius 1 is 1.16 bits per heavy atom. The van der Waals surface area contributed by atoms with Crippen LogP contribution in [0.15, 0.2) is 53.7 Å². The van der Waals surface area contributed by atoms with E-state index in [-0.39, 0.29) is 11.9 Å². The van der Waals surface area contributed by atoms with Gasteiger partial charge in [-0.15, -0.1) is 0 Å². The van der Waals surface area contributed by atoms with Crippen molar-refractivity contribution in [1.82, 2.24) is 15.2 Å². The number of guanidine groups is 1. The van der Waals surface area contributed by atoms with Gasteiger partial charge in [0.2, 0.25) is 5.88 Å². The van der Waals surface area contributed by atoms with Gasteiger partial charge in [0.25, 0.3) is 0 Å². The van der Waals surface area contributed by atoms with Gasteiger partial charge in [-0.3, -0.25) is 4.79 Å². The molecule has 0 radical (unpaired) electrons. The SMILES string of the molecule is CCNC(=NCc1cccnc1OCc1ccccc1)N1CCC(C(=O)OCC)CC1. The molecule has 2 heterocycles. The lowest BCUT2D eigenvalue weighted by Crippen LogP contribution is -2.46. The molecule has 1 aliphatic rings. The molecule has 1 aromatic heterocycles. The van der Waals surface area contributed by atoms with Crippen LogP contribution in [0.4, 0.5) is 0 Å². The maximum absolute atomic E-state index is 12.0. The largest absolute Gasteiger partial charge is 0.473 e. The zero-order valence-electron chi connectivity index (χ0n) is 18.4. The number of pyridine rings is 1. The normalized spacial score (nSPS) is 14.9. The first-order chi connectivity index (χ1) is 15.2. The van der Waals surface area contributed by atoms with Gasteiger partial charge in [-0.1, -0.05) is 36.4 Å². The Morgan fingerprint density at radius 2 is 1.94 bits per heavy atom. The Labute approximate surface area is 184 Å². The molecule has 1 aromatic carbocycles. The number of likely N-dealkylation sites (tertiary alicyclic amines) is 1. The van der Waals surface area contributed by atoms with Crippen LogP contribution in [-0.4, -0.2) is 48.1 Å². The maximum atomic E-state index is 12.0. The summed E-state index contributed by atoms with van der Waals surface area (Å²) in [5.41, 5.74) is 2.04. The second kappa shape index (κ2) is 11.9. The molecular formula is C24H32N4O3. The molecule has 1 fully saturated rings. The highest BCUT2D eigenvalue weighted by molar-refractivity contribution is 5.80. The van der Waals surface area contributed by atoms with E-state index in [1.54, 1.807) is 6.20 Å². The molecule has 1 N–H and O–H groups in total.